The predicted octanol–water partition coefficient (Wildman–Crippen LogP) is 1.49. The van der Waals surface area contributed by atoms with Crippen LogP contribution in [-0.2, 0) is 0 Å². The third kappa shape index (κ3) is 1.84. The van der Waals surface area contributed by atoms with Gasteiger partial charge in [-0.2, -0.15) is 0 Å². The lowest BCUT2D eigenvalue weighted by Gasteiger charge is -2.15. The SMILES string of the molecule is O/N=C\c1ccc(N2CCCC2)nc1. The van der Waals surface area contributed by atoms with E-state index in [1.807, 2.05) is 12.1 Å². The molecule has 0 aromatic carbocycles. The lowest BCUT2D eigenvalue weighted by atomic mass is 10.3. The van der Waals surface area contributed by atoms with Gasteiger partial charge in [0.25, 0.3) is 0 Å². The van der Waals surface area contributed by atoms with Crippen molar-refractivity contribution in [3.8, 4) is 0 Å². The van der Waals surface area contributed by atoms with Crippen molar-refractivity contribution in [2.75, 3.05) is 18.0 Å². The summed E-state index contributed by atoms with van der Waals surface area (Å²) in [6.07, 6.45) is 5.59. The first-order valence-corrected chi connectivity index (χ1v) is 4.78. The second-order valence-electron chi connectivity index (χ2n) is 3.39. The van der Waals surface area contributed by atoms with Crippen molar-refractivity contribution in [2.45, 2.75) is 12.8 Å². The molecule has 0 bridgehead atoms. The molecule has 1 fully saturated rings. The van der Waals surface area contributed by atoms with Gasteiger partial charge in [-0.05, 0) is 25.0 Å². The molecule has 1 N–H and O–H groups in total. The Kier molecular flexibility index (Phi) is 2.62. The van der Waals surface area contributed by atoms with Crippen LogP contribution in [0.15, 0.2) is 23.5 Å². The molecule has 2 heterocycles. The van der Waals surface area contributed by atoms with Crippen molar-refractivity contribution >= 4 is 12.0 Å². The van der Waals surface area contributed by atoms with Crippen LogP contribution in [0.5, 0.6) is 0 Å². The molecule has 4 heteroatoms. The van der Waals surface area contributed by atoms with Gasteiger partial charge < -0.3 is 10.1 Å². The molecule has 2 rings (SSSR count). The number of oxime groups is 1. The van der Waals surface area contributed by atoms with Crippen molar-refractivity contribution in [1.29, 1.82) is 0 Å². The number of nitrogens with zero attached hydrogens (tertiary/aromatic N) is 3. The van der Waals surface area contributed by atoms with Crippen LogP contribution in [0.4, 0.5) is 5.82 Å². The minimum Gasteiger partial charge on any atom is -0.411 e. The highest BCUT2D eigenvalue weighted by atomic mass is 16.4. The summed E-state index contributed by atoms with van der Waals surface area (Å²) < 4.78 is 0. The van der Waals surface area contributed by atoms with Gasteiger partial charge in [0, 0.05) is 24.8 Å². The summed E-state index contributed by atoms with van der Waals surface area (Å²) in [4.78, 5) is 6.57. The van der Waals surface area contributed by atoms with E-state index in [0.717, 1.165) is 24.5 Å². The number of aromatic nitrogens is 1. The minimum absolute atomic E-state index is 0.815. The van der Waals surface area contributed by atoms with Crippen LogP contribution in [0, 0.1) is 0 Å². The Bertz CT molecular complexity index is 315. The molecule has 1 aromatic heterocycles. The van der Waals surface area contributed by atoms with Gasteiger partial charge in [-0.3, -0.25) is 0 Å². The Labute approximate surface area is 82.9 Å². The topological polar surface area (TPSA) is 48.7 Å². The maximum Gasteiger partial charge on any atom is 0.128 e. The van der Waals surface area contributed by atoms with Crippen LogP contribution in [0.1, 0.15) is 18.4 Å². The normalized spacial score (nSPS) is 16.7. The summed E-state index contributed by atoms with van der Waals surface area (Å²) in [5, 5.41) is 11.3. The van der Waals surface area contributed by atoms with Gasteiger partial charge >= 0.3 is 0 Å². The van der Waals surface area contributed by atoms with Gasteiger partial charge in [0.1, 0.15) is 5.82 Å². The fourth-order valence-corrected chi connectivity index (χ4v) is 1.67. The summed E-state index contributed by atoms with van der Waals surface area (Å²) in [5.74, 6) is 1.01. The van der Waals surface area contributed by atoms with Gasteiger partial charge in [0.05, 0.1) is 6.21 Å². The molecule has 0 radical (unpaired) electrons. The van der Waals surface area contributed by atoms with E-state index < -0.39 is 0 Å². The Hall–Kier alpha value is -1.58. The van der Waals surface area contributed by atoms with E-state index in [2.05, 4.69) is 15.0 Å². The first kappa shape index (κ1) is 8.99. The Balaban J connectivity index is 2.12. The Morgan fingerprint density at radius 2 is 2.14 bits per heavy atom. The van der Waals surface area contributed by atoms with Crippen LogP contribution in [0.2, 0.25) is 0 Å². The van der Waals surface area contributed by atoms with Gasteiger partial charge in [0.2, 0.25) is 0 Å². The van der Waals surface area contributed by atoms with Crippen molar-refractivity contribution in [2.24, 2.45) is 5.16 Å². The highest BCUT2D eigenvalue weighted by molar-refractivity contribution is 5.78. The van der Waals surface area contributed by atoms with Crippen LogP contribution in [-0.4, -0.2) is 29.5 Å². The standard InChI is InChI=1S/C10H13N3O/c14-12-8-9-3-4-10(11-7-9)13-5-1-2-6-13/h3-4,7-8,14H,1-2,5-6H2/b12-8-. The zero-order valence-corrected chi connectivity index (χ0v) is 7.93. The average Bonchev–Trinajstić information content (AvgIpc) is 2.72. The fraction of sp³-hybridized carbons (Fsp3) is 0.400. The van der Waals surface area contributed by atoms with Crippen molar-refractivity contribution in [1.82, 2.24) is 4.98 Å². The van der Waals surface area contributed by atoms with Crippen LogP contribution >= 0.6 is 0 Å². The number of hydrogen-bond acceptors (Lipinski definition) is 4. The summed E-state index contributed by atoms with van der Waals surface area (Å²) >= 11 is 0. The second-order valence-corrected chi connectivity index (χ2v) is 3.39. The number of pyridine rings is 1. The molecular weight excluding hydrogens is 178 g/mol. The molecule has 0 unspecified atom stereocenters. The second kappa shape index (κ2) is 4.09. The maximum absolute atomic E-state index is 8.33. The molecule has 1 aliphatic rings. The summed E-state index contributed by atoms with van der Waals surface area (Å²) in [7, 11) is 0. The number of rotatable bonds is 2. The van der Waals surface area contributed by atoms with Crippen molar-refractivity contribution in [3.05, 3.63) is 23.9 Å². The van der Waals surface area contributed by atoms with E-state index in [9.17, 15) is 0 Å². The molecule has 1 saturated heterocycles. The van der Waals surface area contributed by atoms with E-state index in [1.165, 1.54) is 19.1 Å². The third-order valence-electron chi connectivity index (χ3n) is 2.41. The van der Waals surface area contributed by atoms with Crippen LogP contribution < -0.4 is 4.90 Å². The summed E-state index contributed by atoms with van der Waals surface area (Å²) in [6, 6.07) is 3.86. The quantitative estimate of drug-likeness (QED) is 0.437. The average molecular weight is 191 g/mol. The highest BCUT2D eigenvalue weighted by Crippen LogP contribution is 2.16. The van der Waals surface area contributed by atoms with Crippen LogP contribution in [0.3, 0.4) is 0 Å². The molecule has 1 aliphatic heterocycles. The third-order valence-corrected chi connectivity index (χ3v) is 2.41. The first-order chi connectivity index (χ1) is 6.90. The molecular formula is C10H13N3O. The van der Waals surface area contributed by atoms with Gasteiger partial charge in [-0.25, -0.2) is 4.98 Å². The van der Waals surface area contributed by atoms with Gasteiger partial charge in [0.15, 0.2) is 0 Å². The monoisotopic (exact) mass is 191 g/mol. The molecule has 0 aliphatic carbocycles. The smallest absolute Gasteiger partial charge is 0.128 e. The predicted molar refractivity (Wildman–Crippen MR) is 55.1 cm³/mol. The van der Waals surface area contributed by atoms with Gasteiger partial charge in [-0.15, -0.1) is 0 Å². The molecule has 0 saturated carbocycles. The number of hydrogen-bond donors (Lipinski definition) is 1. The number of anilines is 1. The van der Waals surface area contributed by atoms with E-state index in [4.69, 9.17) is 5.21 Å². The first-order valence-electron chi connectivity index (χ1n) is 4.78. The summed E-state index contributed by atoms with van der Waals surface area (Å²) in [6.45, 7) is 2.20. The van der Waals surface area contributed by atoms with E-state index in [1.54, 1.807) is 6.20 Å². The minimum atomic E-state index is 0.815. The molecule has 14 heavy (non-hydrogen) atoms. The van der Waals surface area contributed by atoms with E-state index in [0.29, 0.717) is 0 Å². The molecule has 0 amide bonds. The molecule has 0 spiro atoms. The zero-order chi connectivity index (χ0) is 9.80. The van der Waals surface area contributed by atoms with Crippen LogP contribution in [0.25, 0.3) is 0 Å². The van der Waals surface area contributed by atoms with E-state index >= 15 is 0 Å². The zero-order valence-electron chi connectivity index (χ0n) is 7.93. The molecule has 74 valence electrons. The molecule has 0 atom stereocenters. The molecule has 4 nitrogen and oxygen atoms in total. The van der Waals surface area contributed by atoms with Crippen molar-refractivity contribution < 1.29 is 5.21 Å². The summed E-state index contributed by atoms with van der Waals surface area (Å²) in [5.41, 5.74) is 0.815. The lowest BCUT2D eigenvalue weighted by molar-refractivity contribution is 0.322. The van der Waals surface area contributed by atoms with E-state index in [-0.39, 0.29) is 0 Å². The van der Waals surface area contributed by atoms with Crippen molar-refractivity contribution in [3.63, 3.8) is 0 Å². The van der Waals surface area contributed by atoms with Gasteiger partial charge in [-0.1, -0.05) is 5.16 Å². The molecule has 1 aromatic rings. The highest BCUT2D eigenvalue weighted by Gasteiger charge is 2.12. The Morgan fingerprint density at radius 1 is 1.36 bits per heavy atom. The maximum atomic E-state index is 8.33. The fourth-order valence-electron chi connectivity index (χ4n) is 1.67. The Morgan fingerprint density at radius 3 is 2.71 bits per heavy atom. The largest absolute Gasteiger partial charge is 0.411 e. The lowest BCUT2D eigenvalue weighted by Crippen LogP contribution is -2.18.